The lowest BCUT2D eigenvalue weighted by atomic mass is 10.0. The summed E-state index contributed by atoms with van der Waals surface area (Å²) < 4.78 is 37.6. The summed E-state index contributed by atoms with van der Waals surface area (Å²) in [4.78, 5) is 0. The summed E-state index contributed by atoms with van der Waals surface area (Å²) in [6, 6.07) is 5.76. The highest BCUT2D eigenvalue weighted by molar-refractivity contribution is 5.26. The first-order valence-electron chi connectivity index (χ1n) is 5.66. The third-order valence-electron chi connectivity index (χ3n) is 2.86. The van der Waals surface area contributed by atoms with E-state index in [2.05, 4.69) is 10.6 Å². The van der Waals surface area contributed by atoms with Gasteiger partial charge in [0.05, 0.1) is 5.56 Å². The molecule has 0 radical (unpaired) electrons. The van der Waals surface area contributed by atoms with Gasteiger partial charge in [-0.15, -0.1) is 0 Å². The van der Waals surface area contributed by atoms with Crippen LogP contribution in [-0.4, -0.2) is 25.7 Å². The molecule has 1 aliphatic heterocycles. The van der Waals surface area contributed by atoms with E-state index in [-0.39, 0.29) is 6.04 Å². The molecule has 2 N–H and O–H groups in total. The maximum absolute atomic E-state index is 12.5. The molecular formula is C12H15F3N2. The van der Waals surface area contributed by atoms with Crippen LogP contribution in [-0.2, 0) is 12.6 Å². The highest BCUT2D eigenvalue weighted by Crippen LogP contribution is 2.29. The Kier molecular flexibility index (Phi) is 3.69. The van der Waals surface area contributed by atoms with Crippen LogP contribution in [0.1, 0.15) is 11.1 Å². The zero-order valence-corrected chi connectivity index (χ0v) is 9.35. The van der Waals surface area contributed by atoms with Crippen molar-refractivity contribution in [2.45, 2.75) is 18.6 Å². The van der Waals surface area contributed by atoms with Gasteiger partial charge in [0.25, 0.3) is 0 Å². The summed E-state index contributed by atoms with van der Waals surface area (Å²) in [5, 5.41) is 6.50. The standard InChI is InChI=1S/C12H15F3N2/c13-12(14,15)10-3-1-2-9(6-10)7-11-8-16-4-5-17-11/h1-3,6,11,16-17H,4-5,7-8H2. The minimum absolute atomic E-state index is 0.215. The minimum Gasteiger partial charge on any atom is -0.314 e. The Labute approximate surface area is 98.2 Å². The number of nitrogens with one attached hydrogen (secondary N) is 2. The fourth-order valence-electron chi connectivity index (χ4n) is 2.02. The molecule has 1 aromatic rings. The molecule has 2 nitrogen and oxygen atoms in total. The first-order chi connectivity index (χ1) is 8.05. The monoisotopic (exact) mass is 244 g/mol. The average Bonchev–Trinajstić information content (AvgIpc) is 2.29. The van der Waals surface area contributed by atoms with E-state index in [0.29, 0.717) is 6.42 Å². The smallest absolute Gasteiger partial charge is 0.314 e. The maximum Gasteiger partial charge on any atom is 0.416 e. The van der Waals surface area contributed by atoms with Crippen molar-refractivity contribution in [3.8, 4) is 0 Å². The van der Waals surface area contributed by atoms with Gasteiger partial charge in [0, 0.05) is 25.7 Å². The van der Waals surface area contributed by atoms with Gasteiger partial charge in [0.1, 0.15) is 0 Å². The van der Waals surface area contributed by atoms with Gasteiger partial charge in [-0.25, -0.2) is 0 Å². The van der Waals surface area contributed by atoms with E-state index >= 15 is 0 Å². The topological polar surface area (TPSA) is 24.1 Å². The normalized spacial score (nSPS) is 21.5. The summed E-state index contributed by atoms with van der Waals surface area (Å²) >= 11 is 0. The van der Waals surface area contributed by atoms with Crippen molar-refractivity contribution >= 4 is 0 Å². The van der Waals surface area contributed by atoms with E-state index in [9.17, 15) is 13.2 Å². The predicted octanol–water partition coefficient (Wildman–Crippen LogP) is 1.81. The number of hydrogen-bond donors (Lipinski definition) is 2. The van der Waals surface area contributed by atoms with Gasteiger partial charge in [-0.05, 0) is 18.1 Å². The summed E-state index contributed by atoms with van der Waals surface area (Å²) in [6.45, 7) is 2.58. The molecule has 94 valence electrons. The first-order valence-corrected chi connectivity index (χ1v) is 5.66. The van der Waals surface area contributed by atoms with E-state index in [1.54, 1.807) is 6.07 Å². The van der Waals surface area contributed by atoms with E-state index in [1.807, 2.05) is 0 Å². The molecule has 17 heavy (non-hydrogen) atoms. The van der Waals surface area contributed by atoms with Crippen LogP contribution in [0.5, 0.6) is 0 Å². The van der Waals surface area contributed by atoms with Crippen molar-refractivity contribution in [1.82, 2.24) is 10.6 Å². The summed E-state index contributed by atoms with van der Waals surface area (Å²) in [6.07, 6.45) is -3.63. The number of hydrogen-bond acceptors (Lipinski definition) is 2. The lowest BCUT2D eigenvalue weighted by molar-refractivity contribution is -0.137. The van der Waals surface area contributed by atoms with Crippen LogP contribution in [0.25, 0.3) is 0 Å². The molecule has 1 saturated heterocycles. The average molecular weight is 244 g/mol. The molecule has 5 heteroatoms. The molecule has 0 aliphatic carbocycles. The summed E-state index contributed by atoms with van der Waals surface area (Å²) in [7, 11) is 0. The molecule has 1 heterocycles. The minimum atomic E-state index is -4.26. The number of rotatable bonds is 2. The van der Waals surface area contributed by atoms with Crippen molar-refractivity contribution in [2.24, 2.45) is 0 Å². The number of halogens is 3. The lowest BCUT2D eigenvalue weighted by Crippen LogP contribution is -2.49. The fourth-order valence-corrected chi connectivity index (χ4v) is 2.02. The van der Waals surface area contributed by atoms with Gasteiger partial charge < -0.3 is 10.6 Å². The Morgan fingerprint density at radius 2 is 2.06 bits per heavy atom. The van der Waals surface area contributed by atoms with Gasteiger partial charge >= 0.3 is 6.18 Å². The van der Waals surface area contributed by atoms with Crippen LogP contribution >= 0.6 is 0 Å². The molecule has 0 spiro atoms. The van der Waals surface area contributed by atoms with Crippen molar-refractivity contribution < 1.29 is 13.2 Å². The van der Waals surface area contributed by atoms with Crippen LogP contribution in [0.2, 0.25) is 0 Å². The zero-order chi connectivity index (χ0) is 12.3. The second kappa shape index (κ2) is 5.06. The Bertz CT molecular complexity index is 370. The summed E-state index contributed by atoms with van der Waals surface area (Å²) in [5.74, 6) is 0. The highest BCUT2D eigenvalue weighted by atomic mass is 19.4. The Balaban J connectivity index is 2.05. The van der Waals surface area contributed by atoms with Crippen LogP contribution in [0.3, 0.4) is 0 Å². The summed E-state index contributed by atoms with van der Waals surface area (Å²) in [5.41, 5.74) is 0.153. The van der Waals surface area contributed by atoms with Crippen LogP contribution < -0.4 is 10.6 Å². The molecule has 2 rings (SSSR count). The Morgan fingerprint density at radius 3 is 2.71 bits per heavy atom. The first kappa shape index (κ1) is 12.4. The number of piperazine rings is 1. The Morgan fingerprint density at radius 1 is 1.24 bits per heavy atom. The number of alkyl halides is 3. The zero-order valence-electron chi connectivity index (χ0n) is 9.35. The van der Waals surface area contributed by atoms with Crippen molar-refractivity contribution in [1.29, 1.82) is 0 Å². The maximum atomic E-state index is 12.5. The van der Waals surface area contributed by atoms with Crippen LogP contribution in [0.4, 0.5) is 13.2 Å². The molecular weight excluding hydrogens is 229 g/mol. The Hall–Kier alpha value is -1.07. The van der Waals surface area contributed by atoms with Gasteiger partial charge in [-0.3, -0.25) is 0 Å². The van der Waals surface area contributed by atoms with Crippen molar-refractivity contribution in [2.75, 3.05) is 19.6 Å². The third-order valence-corrected chi connectivity index (χ3v) is 2.86. The van der Waals surface area contributed by atoms with Crippen LogP contribution in [0, 0.1) is 0 Å². The molecule has 1 aliphatic rings. The molecule has 0 saturated carbocycles. The molecule has 1 atom stereocenters. The van der Waals surface area contributed by atoms with Gasteiger partial charge in [0.15, 0.2) is 0 Å². The van der Waals surface area contributed by atoms with E-state index in [1.165, 1.54) is 12.1 Å². The van der Waals surface area contributed by atoms with Crippen LogP contribution in [0.15, 0.2) is 24.3 Å². The lowest BCUT2D eigenvalue weighted by Gasteiger charge is -2.24. The fraction of sp³-hybridized carbons (Fsp3) is 0.500. The molecule has 1 unspecified atom stereocenters. The van der Waals surface area contributed by atoms with Crippen molar-refractivity contribution in [3.63, 3.8) is 0 Å². The molecule has 1 fully saturated rings. The quantitative estimate of drug-likeness (QED) is 0.829. The van der Waals surface area contributed by atoms with E-state index < -0.39 is 11.7 Å². The largest absolute Gasteiger partial charge is 0.416 e. The van der Waals surface area contributed by atoms with E-state index in [0.717, 1.165) is 31.3 Å². The highest BCUT2D eigenvalue weighted by Gasteiger charge is 2.30. The molecule has 1 aromatic carbocycles. The van der Waals surface area contributed by atoms with E-state index in [4.69, 9.17) is 0 Å². The molecule has 0 amide bonds. The number of benzene rings is 1. The second-order valence-corrected chi connectivity index (χ2v) is 4.26. The van der Waals surface area contributed by atoms with Gasteiger partial charge in [0.2, 0.25) is 0 Å². The van der Waals surface area contributed by atoms with Gasteiger partial charge in [-0.1, -0.05) is 18.2 Å². The molecule has 0 bridgehead atoms. The predicted molar refractivity (Wildman–Crippen MR) is 59.8 cm³/mol. The van der Waals surface area contributed by atoms with Gasteiger partial charge in [-0.2, -0.15) is 13.2 Å². The molecule has 0 aromatic heterocycles. The SMILES string of the molecule is FC(F)(F)c1cccc(CC2CNCCN2)c1. The second-order valence-electron chi connectivity index (χ2n) is 4.26. The van der Waals surface area contributed by atoms with Crippen molar-refractivity contribution in [3.05, 3.63) is 35.4 Å². The third kappa shape index (κ3) is 3.44.